The second kappa shape index (κ2) is 6.01. The van der Waals surface area contributed by atoms with E-state index >= 15 is 0 Å². The highest BCUT2D eigenvalue weighted by Gasteiger charge is 2.20. The van der Waals surface area contributed by atoms with Gasteiger partial charge in [0.1, 0.15) is 5.82 Å². The predicted molar refractivity (Wildman–Crippen MR) is 95.7 cm³/mol. The fourth-order valence-electron chi connectivity index (χ4n) is 2.89. The summed E-state index contributed by atoms with van der Waals surface area (Å²) in [6, 6.07) is 8.28. The first kappa shape index (κ1) is 15.3. The number of nitrogen functional groups attached to an aromatic ring is 1. The SMILES string of the molecule is CC(C)Nc1ccnc(C2=CCc3ccc(-c4nnc(N)o4)cc32)n1. The number of allylic oxidation sites excluding steroid dienone is 1. The second-order valence-electron chi connectivity index (χ2n) is 6.20. The molecule has 2 heterocycles. The molecule has 0 saturated carbocycles. The Hall–Kier alpha value is -3.22. The molecule has 0 fully saturated rings. The zero-order valence-electron chi connectivity index (χ0n) is 14.0. The summed E-state index contributed by atoms with van der Waals surface area (Å²) in [7, 11) is 0. The van der Waals surface area contributed by atoms with Crippen molar-refractivity contribution in [2.24, 2.45) is 0 Å². The number of anilines is 2. The molecule has 3 aromatic rings. The maximum atomic E-state index is 5.52. The van der Waals surface area contributed by atoms with Crippen LogP contribution in [0, 0.1) is 0 Å². The second-order valence-corrected chi connectivity index (χ2v) is 6.20. The Morgan fingerprint density at radius 1 is 1.20 bits per heavy atom. The van der Waals surface area contributed by atoms with E-state index in [1.54, 1.807) is 6.20 Å². The van der Waals surface area contributed by atoms with Crippen LogP contribution >= 0.6 is 0 Å². The van der Waals surface area contributed by atoms with Crippen LogP contribution < -0.4 is 11.1 Å². The summed E-state index contributed by atoms with van der Waals surface area (Å²) in [5.41, 5.74) is 9.66. The van der Waals surface area contributed by atoms with E-state index < -0.39 is 0 Å². The predicted octanol–water partition coefficient (Wildman–Crippen LogP) is 2.92. The van der Waals surface area contributed by atoms with Crippen LogP contribution in [0.1, 0.15) is 30.8 Å². The van der Waals surface area contributed by atoms with Gasteiger partial charge >= 0.3 is 6.01 Å². The monoisotopic (exact) mass is 334 g/mol. The first-order valence-corrected chi connectivity index (χ1v) is 8.13. The fraction of sp³-hybridized carbons (Fsp3) is 0.222. The van der Waals surface area contributed by atoms with Gasteiger partial charge < -0.3 is 15.5 Å². The Bertz CT molecular complexity index is 960. The van der Waals surface area contributed by atoms with Crippen LogP contribution in [-0.4, -0.2) is 26.2 Å². The maximum Gasteiger partial charge on any atom is 0.313 e. The summed E-state index contributed by atoms with van der Waals surface area (Å²) in [6.07, 6.45) is 4.77. The van der Waals surface area contributed by atoms with Crippen molar-refractivity contribution in [3.63, 3.8) is 0 Å². The van der Waals surface area contributed by atoms with Gasteiger partial charge in [0.15, 0.2) is 5.82 Å². The lowest BCUT2D eigenvalue weighted by Crippen LogP contribution is -2.12. The van der Waals surface area contributed by atoms with E-state index in [1.807, 2.05) is 18.2 Å². The van der Waals surface area contributed by atoms with Gasteiger partial charge in [-0.2, -0.15) is 0 Å². The molecule has 0 aliphatic heterocycles. The van der Waals surface area contributed by atoms with E-state index in [-0.39, 0.29) is 6.01 Å². The Morgan fingerprint density at radius 2 is 2.08 bits per heavy atom. The highest BCUT2D eigenvalue weighted by molar-refractivity contribution is 5.84. The van der Waals surface area contributed by atoms with E-state index in [0.717, 1.165) is 28.9 Å². The van der Waals surface area contributed by atoms with Gasteiger partial charge in [0.25, 0.3) is 0 Å². The lowest BCUT2D eigenvalue weighted by molar-refractivity contribution is 0.590. The zero-order chi connectivity index (χ0) is 17.4. The molecule has 0 bridgehead atoms. The molecule has 1 aliphatic carbocycles. The quantitative estimate of drug-likeness (QED) is 0.756. The molecule has 7 heteroatoms. The lowest BCUT2D eigenvalue weighted by Gasteiger charge is -2.11. The molecule has 0 amide bonds. The molecule has 0 spiro atoms. The summed E-state index contributed by atoms with van der Waals surface area (Å²) in [6.45, 7) is 4.16. The van der Waals surface area contributed by atoms with E-state index in [0.29, 0.717) is 17.8 Å². The minimum Gasteiger partial charge on any atom is -0.404 e. The molecule has 3 N–H and O–H groups in total. The average molecular weight is 334 g/mol. The van der Waals surface area contributed by atoms with Crippen LogP contribution in [0.3, 0.4) is 0 Å². The standard InChI is InChI=1S/C18H18N6O/c1-10(2)21-15-7-8-20-16(22-15)13-6-5-11-3-4-12(9-14(11)13)17-23-24-18(19)25-17/h3-4,6-10H,5H2,1-2H3,(H2,19,24)(H,20,21,22). The van der Waals surface area contributed by atoms with Gasteiger partial charge in [-0.1, -0.05) is 17.2 Å². The number of hydrogen-bond acceptors (Lipinski definition) is 7. The van der Waals surface area contributed by atoms with E-state index in [1.165, 1.54) is 5.56 Å². The molecule has 0 atom stereocenters. The smallest absolute Gasteiger partial charge is 0.313 e. The number of hydrogen-bond donors (Lipinski definition) is 2. The Kier molecular flexibility index (Phi) is 3.68. The number of nitrogens with two attached hydrogens (primary N) is 1. The fourth-order valence-corrected chi connectivity index (χ4v) is 2.89. The average Bonchev–Trinajstić information content (AvgIpc) is 3.20. The third-order valence-electron chi connectivity index (χ3n) is 3.95. The lowest BCUT2D eigenvalue weighted by atomic mass is 10.0. The van der Waals surface area contributed by atoms with Crippen molar-refractivity contribution >= 4 is 17.4 Å². The molecule has 126 valence electrons. The topological polar surface area (TPSA) is 103 Å². The van der Waals surface area contributed by atoms with Gasteiger partial charge in [-0.15, -0.1) is 5.10 Å². The summed E-state index contributed by atoms with van der Waals surface area (Å²) in [5, 5.41) is 11.0. The van der Waals surface area contributed by atoms with Crippen molar-refractivity contribution < 1.29 is 4.42 Å². The molecule has 0 unspecified atom stereocenters. The molecule has 0 saturated heterocycles. The maximum absolute atomic E-state index is 5.52. The molecule has 25 heavy (non-hydrogen) atoms. The Labute approximate surface area is 145 Å². The molecular formula is C18H18N6O. The number of fused-ring (bicyclic) bond motifs is 1. The number of nitrogens with one attached hydrogen (secondary N) is 1. The third-order valence-corrected chi connectivity index (χ3v) is 3.95. The minimum atomic E-state index is 0.0575. The highest BCUT2D eigenvalue weighted by atomic mass is 16.4. The summed E-state index contributed by atoms with van der Waals surface area (Å²) < 4.78 is 5.33. The van der Waals surface area contributed by atoms with Crippen molar-refractivity contribution in [3.05, 3.63) is 53.5 Å². The van der Waals surface area contributed by atoms with Crippen LogP contribution in [0.2, 0.25) is 0 Å². The molecule has 4 rings (SSSR count). The van der Waals surface area contributed by atoms with Gasteiger partial charge in [0.05, 0.1) is 0 Å². The minimum absolute atomic E-state index is 0.0575. The van der Waals surface area contributed by atoms with Crippen LogP contribution in [0.4, 0.5) is 11.8 Å². The van der Waals surface area contributed by atoms with Crippen molar-refractivity contribution in [1.82, 2.24) is 20.2 Å². The van der Waals surface area contributed by atoms with Crippen LogP contribution in [-0.2, 0) is 6.42 Å². The Balaban J connectivity index is 1.71. The first-order valence-electron chi connectivity index (χ1n) is 8.13. The van der Waals surface area contributed by atoms with Gasteiger partial charge in [0.2, 0.25) is 5.89 Å². The molecule has 0 radical (unpaired) electrons. The number of nitrogens with zero attached hydrogens (tertiary/aromatic N) is 4. The van der Waals surface area contributed by atoms with E-state index in [4.69, 9.17) is 10.2 Å². The van der Waals surface area contributed by atoms with Crippen LogP contribution in [0.25, 0.3) is 17.0 Å². The van der Waals surface area contributed by atoms with Crippen LogP contribution in [0.5, 0.6) is 0 Å². The molecule has 2 aromatic heterocycles. The number of benzene rings is 1. The zero-order valence-corrected chi connectivity index (χ0v) is 14.0. The van der Waals surface area contributed by atoms with E-state index in [9.17, 15) is 0 Å². The number of rotatable bonds is 4. The number of aromatic nitrogens is 4. The van der Waals surface area contributed by atoms with Crippen molar-refractivity contribution in [2.75, 3.05) is 11.1 Å². The van der Waals surface area contributed by atoms with Crippen LogP contribution in [0.15, 0.2) is 41.0 Å². The normalized spacial score (nSPS) is 13.0. The summed E-state index contributed by atoms with van der Waals surface area (Å²) >= 11 is 0. The third kappa shape index (κ3) is 2.96. The molecular weight excluding hydrogens is 316 g/mol. The van der Waals surface area contributed by atoms with Gasteiger partial charge in [0, 0.05) is 23.4 Å². The summed E-state index contributed by atoms with van der Waals surface area (Å²) in [4.78, 5) is 9.08. The Morgan fingerprint density at radius 3 is 2.84 bits per heavy atom. The van der Waals surface area contributed by atoms with E-state index in [2.05, 4.69) is 51.5 Å². The van der Waals surface area contributed by atoms with Gasteiger partial charge in [-0.05, 0) is 49.6 Å². The van der Waals surface area contributed by atoms with Crippen molar-refractivity contribution in [1.29, 1.82) is 0 Å². The van der Waals surface area contributed by atoms with Gasteiger partial charge in [-0.25, -0.2) is 9.97 Å². The highest BCUT2D eigenvalue weighted by Crippen LogP contribution is 2.34. The first-order chi connectivity index (χ1) is 12.1. The van der Waals surface area contributed by atoms with Crippen molar-refractivity contribution in [3.8, 4) is 11.5 Å². The summed E-state index contributed by atoms with van der Waals surface area (Å²) in [5.74, 6) is 1.92. The largest absolute Gasteiger partial charge is 0.404 e. The molecule has 1 aromatic carbocycles. The van der Waals surface area contributed by atoms with Gasteiger partial charge in [-0.3, -0.25) is 0 Å². The molecule has 1 aliphatic rings. The van der Waals surface area contributed by atoms with Crippen molar-refractivity contribution in [2.45, 2.75) is 26.3 Å². The molecule has 7 nitrogen and oxygen atoms in total.